The number of methoxy groups -OCH3 is 1. The van der Waals surface area contributed by atoms with Crippen molar-refractivity contribution < 1.29 is 9.53 Å². The van der Waals surface area contributed by atoms with Crippen LogP contribution in [0.5, 0.6) is 5.75 Å². The van der Waals surface area contributed by atoms with E-state index in [1.54, 1.807) is 18.6 Å². The second kappa shape index (κ2) is 5.72. The number of rotatable bonds is 4. The maximum Gasteiger partial charge on any atom is 0.223 e. The molecule has 0 aliphatic carbocycles. The van der Waals surface area contributed by atoms with Gasteiger partial charge in [-0.3, -0.25) is 9.78 Å². The number of hydrogen-bond acceptors (Lipinski definition) is 5. The van der Waals surface area contributed by atoms with Crippen molar-refractivity contribution in [2.45, 2.75) is 6.54 Å². The summed E-state index contributed by atoms with van der Waals surface area (Å²) in [6.07, 6.45) is 5.00. The van der Waals surface area contributed by atoms with E-state index in [0.717, 1.165) is 5.56 Å². The third-order valence-electron chi connectivity index (χ3n) is 1.97. The minimum Gasteiger partial charge on any atom is -0.494 e. The molecule has 0 saturated carbocycles. The number of hydrogen-bond donors (Lipinski definition) is 1. The summed E-state index contributed by atoms with van der Waals surface area (Å²) in [5, 5.41) is 3.00. The highest BCUT2D eigenvalue weighted by Crippen LogP contribution is 2.24. The second-order valence-electron chi connectivity index (χ2n) is 2.90. The van der Waals surface area contributed by atoms with Gasteiger partial charge >= 0.3 is 0 Å². The number of aromatic nitrogens is 1. The molecule has 1 aromatic heterocycles. The number of ether oxygens (including phenoxy) is 1. The molecule has 0 radical (unpaired) electrons. The van der Waals surface area contributed by atoms with Gasteiger partial charge in [-0.25, -0.2) is 0 Å². The molecule has 0 bridgehead atoms. The van der Waals surface area contributed by atoms with Gasteiger partial charge in [-0.2, -0.15) is 0 Å². The van der Waals surface area contributed by atoms with Crippen LogP contribution in [0.25, 0.3) is 0 Å². The van der Waals surface area contributed by atoms with E-state index >= 15 is 0 Å². The van der Waals surface area contributed by atoms with Gasteiger partial charge in [0.15, 0.2) is 0 Å². The largest absolute Gasteiger partial charge is 0.494 e. The number of thioether (sulfide) groups is 1. The summed E-state index contributed by atoms with van der Waals surface area (Å²) in [5.41, 5.74) is 1.46. The fraction of sp³-hybridized carbons (Fsp3) is 0.400. The molecule has 0 aromatic carbocycles. The van der Waals surface area contributed by atoms with E-state index in [9.17, 15) is 4.79 Å². The van der Waals surface area contributed by atoms with Crippen LogP contribution in [0.1, 0.15) is 15.9 Å². The van der Waals surface area contributed by atoms with Gasteiger partial charge in [0.05, 0.1) is 18.9 Å². The SMILES string of the molecule is CNCc1cncc(OC)c1C(=O)SC. The maximum absolute atomic E-state index is 11.7. The molecule has 1 heterocycles. The van der Waals surface area contributed by atoms with Gasteiger partial charge in [-0.15, -0.1) is 0 Å². The zero-order valence-electron chi connectivity index (χ0n) is 9.03. The van der Waals surface area contributed by atoms with Gasteiger partial charge in [0.25, 0.3) is 0 Å². The molecule has 0 aliphatic rings. The van der Waals surface area contributed by atoms with E-state index in [4.69, 9.17) is 4.74 Å². The van der Waals surface area contributed by atoms with Gasteiger partial charge in [0.1, 0.15) is 5.75 Å². The fourth-order valence-electron chi connectivity index (χ4n) is 1.30. The van der Waals surface area contributed by atoms with Crippen molar-refractivity contribution >= 4 is 16.9 Å². The van der Waals surface area contributed by atoms with Crippen LogP contribution < -0.4 is 10.1 Å². The van der Waals surface area contributed by atoms with Crippen LogP contribution in [0.15, 0.2) is 12.4 Å². The lowest BCUT2D eigenvalue weighted by molar-refractivity contribution is 0.108. The first kappa shape index (κ1) is 12.0. The van der Waals surface area contributed by atoms with Gasteiger partial charge < -0.3 is 10.1 Å². The molecule has 0 saturated heterocycles. The molecule has 5 heteroatoms. The number of pyridine rings is 1. The van der Waals surface area contributed by atoms with Crippen molar-refractivity contribution in [2.24, 2.45) is 0 Å². The van der Waals surface area contributed by atoms with Crippen LogP contribution >= 0.6 is 11.8 Å². The molecule has 0 unspecified atom stereocenters. The minimum absolute atomic E-state index is 0.000463. The van der Waals surface area contributed by atoms with E-state index < -0.39 is 0 Å². The summed E-state index contributed by atoms with van der Waals surface area (Å²) in [6, 6.07) is 0. The fourth-order valence-corrected chi connectivity index (χ4v) is 1.73. The Hall–Kier alpha value is -1.07. The van der Waals surface area contributed by atoms with Crippen LogP contribution in [0.3, 0.4) is 0 Å². The molecule has 0 atom stereocenters. The molecule has 1 rings (SSSR count). The highest BCUT2D eigenvalue weighted by molar-refractivity contribution is 8.13. The summed E-state index contributed by atoms with van der Waals surface area (Å²) < 4.78 is 5.13. The predicted octanol–water partition coefficient (Wildman–Crippen LogP) is 1.31. The zero-order valence-corrected chi connectivity index (χ0v) is 9.85. The van der Waals surface area contributed by atoms with Crippen molar-refractivity contribution in [1.82, 2.24) is 10.3 Å². The third-order valence-corrected chi connectivity index (χ3v) is 2.54. The van der Waals surface area contributed by atoms with Gasteiger partial charge in [-0.05, 0) is 18.9 Å². The number of nitrogens with one attached hydrogen (secondary N) is 1. The highest BCUT2D eigenvalue weighted by Gasteiger charge is 2.16. The Labute approximate surface area is 93.4 Å². The standard InChI is InChI=1S/C10H14N2O2S/c1-11-4-7-5-12-6-8(14-2)9(7)10(13)15-3/h5-6,11H,4H2,1-3H3. The Morgan fingerprint density at radius 3 is 2.87 bits per heavy atom. The highest BCUT2D eigenvalue weighted by atomic mass is 32.2. The van der Waals surface area contributed by atoms with Crippen LogP contribution in [0.4, 0.5) is 0 Å². The van der Waals surface area contributed by atoms with Crippen molar-refractivity contribution in [1.29, 1.82) is 0 Å². The number of carbonyl (C=O) groups is 1. The molecular weight excluding hydrogens is 212 g/mol. The first-order valence-corrected chi connectivity index (χ1v) is 5.70. The monoisotopic (exact) mass is 226 g/mol. The van der Waals surface area contributed by atoms with E-state index in [1.165, 1.54) is 18.9 Å². The van der Waals surface area contributed by atoms with E-state index in [1.807, 2.05) is 7.05 Å². The van der Waals surface area contributed by atoms with Crippen LogP contribution in [-0.4, -0.2) is 30.5 Å². The zero-order chi connectivity index (χ0) is 11.3. The molecule has 1 N–H and O–H groups in total. The van der Waals surface area contributed by atoms with E-state index in [2.05, 4.69) is 10.3 Å². The second-order valence-corrected chi connectivity index (χ2v) is 3.68. The summed E-state index contributed by atoms with van der Waals surface area (Å²) in [6.45, 7) is 0.603. The minimum atomic E-state index is -0.000463. The summed E-state index contributed by atoms with van der Waals surface area (Å²) in [5.74, 6) is 0.530. The maximum atomic E-state index is 11.7. The summed E-state index contributed by atoms with van der Waals surface area (Å²) in [4.78, 5) is 15.7. The summed E-state index contributed by atoms with van der Waals surface area (Å²) in [7, 11) is 3.37. The predicted molar refractivity (Wildman–Crippen MR) is 61.4 cm³/mol. The topological polar surface area (TPSA) is 51.2 Å². The van der Waals surface area contributed by atoms with E-state index in [-0.39, 0.29) is 5.12 Å². The molecule has 0 aliphatic heterocycles. The molecule has 15 heavy (non-hydrogen) atoms. The first-order valence-electron chi connectivity index (χ1n) is 4.48. The van der Waals surface area contributed by atoms with Crippen molar-refractivity contribution in [3.63, 3.8) is 0 Å². The van der Waals surface area contributed by atoms with Gasteiger partial charge in [-0.1, -0.05) is 11.8 Å². The van der Waals surface area contributed by atoms with Gasteiger partial charge in [0, 0.05) is 12.7 Å². The molecule has 0 spiro atoms. The molecular formula is C10H14N2O2S. The van der Waals surface area contributed by atoms with Gasteiger partial charge in [0.2, 0.25) is 5.12 Å². The first-order chi connectivity index (χ1) is 7.24. The Bertz CT molecular complexity index is 355. The molecule has 0 amide bonds. The Kier molecular flexibility index (Phi) is 4.58. The molecule has 1 aromatic rings. The lowest BCUT2D eigenvalue weighted by Gasteiger charge is -2.10. The number of carbonyl (C=O) groups excluding carboxylic acids is 1. The molecule has 4 nitrogen and oxygen atoms in total. The Morgan fingerprint density at radius 2 is 2.33 bits per heavy atom. The Balaban J connectivity index is 3.20. The average molecular weight is 226 g/mol. The van der Waals surface area contributed by atoms with Crippen LogP contribution in [0.2, 0.25) is 0 Å². The van der Waals surface area contributed by atoms with Crippen LogP contribution in [-0.2, 0) is 6.54 Å². The van der Waals surface area contributed by atoms with Crippen molar-refractivity contribution in [3.8, 4) is 5.75 Å². The third kappa shape index (κ3) is 2.70. The van der Waals surface area contributed by atoms with E-state index in [0.29, 0.717) is 17.9 Å². The lowest BCUT2D eigenvalue weighted by Crippen LogP contribution is -2.11. The lowest BCUT2D eigenvalue weighted by atomic mass is 10.1. The average Bonchev–Trinajstić information content (AvgIpc) is 2.28. The molecule has 0 fully saturated rings. The molecule has 82 valence electrons. The smallest absolute Gasteiger partial charge is 0.223 e. The number of nitrogens with zero attached hydrogens (tertiary/aromatic N) is 1. The summed E-state index contributed by atoms with van der Waals surface area (Å²) >= 11 is 1.17. The quantitative estimate of drug-likeness (QED) is 0.839. The van der Waals surface area contributed by atoms with Crippen LogP contribution in [0, 0.1) is 0 Å². The normalized spacial score (nSPS) is 10.1. The Morgan fingerprint density at radius 1 is 1.60 bits per heavy atom. The van der Waals surface area contributed by atoms with Crippen molar-refractivity contribution in [2.75, 3.05) is 20.4 Å². The van der Waals surface area contributed by atoms with Crippen molar-refractivity contribution in [3.05, 3.63) is 23.5 Å².